The molecule has 4 atom stereocenters. The number of piperidine rings is 1. The van der Waals surface area contributed by atoms with E-state index in [2.05, 4.69) is 5.32 Å². The molecule has 2 fully saturated rings. The van der Waals surface area contributed by atoms with Gasteiger partial charge in [0.1, 0.15) is 0 Å². The Balaban J connectivity index is 1.77. The van der Waals surface area contributed by atoms with Gasteiger partial charge in [0.25, 0.3) is 11.7 Å². The number of nitrogens with zero attached hydrogens (tertiary/aromatic N) is 2. The van der Waals surface area contributed by atoms with E-state index in [9.17, 15) is 19.2 Å². The highest BCUT2D eigenvalue weighted by molar-refractivity contribution is 6.35. The normalized spacial score (nSPS) is 22.0. The monoisotopic (exact) mass is 591 g/mol. The highest BCUT2D eigenvalue weighted by Gasteiger charge is 2.60. The van der Waals surface area contributed by atoms with Crippen molar-refractivity contribution in [2.75, 3.05) is 33.8 Å². The van der Waals surface area contributed by atoms with Crippen molar-refractivity contribution in [2.24, 2.45) is 11.7 Å². The van der Waals surface area contributed by atoms with Crippen LogP contribution in [0.15, 0.2) is 60.7 Å². The maximum atomic E-state index is 15.0. The van der Waals surface area contributed by atoms with E-state index >= 15 is 4.79 Å². The lowest BCUT2D eigenvalue weighted by atomic mass is 9.88. The zero-order valence-electron chi connectivity index (χ0n) is 25.1. The van der Waals surface area contributed by atoms with Gasteiger partial charge in [-0.05, 0) is 37.4 Å². The SMILES string of the molecule is CNC1CCN(C(=O)C[C@@H](Cc2ccccc2)C(=O)[N+]2(C(Cc3ccccc3)C(=O)C(=O)OC)CCC[C@H]2C(N)=O)CC1. The van der Waals surface area contributed by atoms with Gasteiger partial charge in [0, 0.05) is 44.8 Å². The summed E-state index contributed by atoms with van der Waals surface area (Å²) in [6, 6.07) is 16.6. The Hall–Kier alpha value is -3.89. The fourth-order valence-corrected chi connectivity index (χ4v) is 6.87. The topological polar surface area (TPSA) is 136 Å². The van der Waals surface area contributed by atoms with Gasteiger partial charge in [0.2, 0.25) is 5.91 Å². The summed E-state index contributed by atoms with van der Waals surface area (Å²) >= 11 is 0. The van der Waals surface area contributed by atoms with Crippen LogP contribution in [-0.4, -0.2) is 90.8 Å². The van der Waals surface area contributed by atoms with Crippen molar-refractivity contribution in [1.29, 1.82) is 0 Å². The van der Waals surface area contributed by atoms with Crippen LogP contribution in [0.3, 0.4) is 0 Å². The average molecular weight is 592 g/mol. The third kappa shape index (κ3) is 7.19. The highest BCUT2D eigenvalue weighted by Crippen LogP contribution is 2.37. The van der Waals surface area contributed by atoms with Crippen molar-refractivity contribution in [1.82, 2.24) is 10.2 Å². The number of nitrogens with two attached hydrogens (primary N) is 1. The fourth-order valence-electron chi connectivity index (χ4n) is 6.87. The number of carbonyl (C=O) groups excluding carboxylic acids is 5. The smallest absolute Gasteiger partial charge is 0.380 e. The molecule has 10 nitrogen and oxygen atoms in total. The van der Waals surface area contributed by atoms with Gasteiger partial charge in [-0.15, -0.1) is 0 Å². The first-order valence-corrected chi connectivity index (χ1v) is 15.1. The molecule has 0 aliphatic carbocycles. The molecule has 0 aromatic heterocycles. The second kappa shape index (κ2) is 14.5. The molecule has 2 aromatic rings. The number of hydrogen-bond acceptors (Lipinski definition) is 7. The van der Waals surface area contributed by atoms with E-state index in [1.54, 1.807) is 4.90 Å². The second-order valence-corrected chi connectivity index (χ2v) is 11.6. The summed E-state index contributed by atoms with van der Waals surface area (Å²) < 4.78 is 4.24. The number of Topliss-reactive ketones (excluding diaryl/α,β-unsaturated/α-hetero) is 1. The first kappa shape index (κ1) is 32.0. The summed E-state index contributed by atoms with van der Waals surface area (Å²) in [6.45, 7) is 1.32. The van der Waals surface area contributed by atoms with Crippen LogP contribution in [0.25, 0.3) is 0 Å². The van der Waals surface area contributed by atoms with Crippen molar-refractivity contribution in [3.63, 3.8) is 0 Å². The van der Waals surface area contributed by atoms with Crippen LogP contribution in [0.2, 0.25) is 0 Å². The average Bonchev–Trinajstić information content (AvgIpc) is 3.49. The van der Waals surface area contributed by atoms with Crippen molar-refractivity contribution in [2.45, 2.75) is 63.1 Å². The summed E-state index contributed by atoms with van der Waals surface area (Å²) in [5.41, 5.74) is 7.52. The lowest BCUT2D eigenvalue weighted by Crippen LogP contribution is -2.70. The van der Waals surface area contributed by atoms with Crippen molar-refractivity contribution in [3.05, 3.63) is 71.8 Å². The molecule has 2 aliphatic heterocycles. The Morgan fingerprint density at radius 1 is 0.930 bits per heavy atom. The molecule has 0 spiro atoms. The first-order chi connectivity index (χ1) is 20.7. The van der Waals surface area contributed by atoms with E-state index in [0.717, 1.165) is 31.1 Å². The number of ketones is 1. The Morgan fingerprint density at radius 3 is 2.05 bits per heavy atom. The van der Waals surface area contributed by atoms with E-state index in [-0.39, 0.29) is 31.7 Å². The highest BCUT2D eigenvalue weighted by atomic mass is 16.5. The zero-order chi connectivity index (χ0) is 31.0. The van der Waals surface area contributed by atoms with Gasteiger partial charge in [-0.2, -0.15) is 0 Å². The van der Waals surface area contributed by atoms with Gasteiger partial charge in [-0.25, -0.2) is 14.1 Å². The molecule has 2 unspecified atom stereocenters. The van der Waals surface area contributed by atoms with Crippen LogP contribution >= 0.6 is 0 Å². The second-order valence-electron chi connectivity index (χ2n) is 11.6. The number of nitrogens with one attached hydrogen (secondary N) is 1. The van der Waals surface area contributed by atoms with Crippen LogP contribution in [0, 0.1) is 5.92 Å². The quantitative estimate of drug-likeness (QED) is 0.218. The molecule has 0 saturated carbocycles. The third-order valence-electron chi connectivity index (χ3n) is 9.17. The third-order valence-corrected chi connectivity index (χ3v) is 9.17. The van der Waals surface area contributed by atoms with Crippen LogP contribution in [-0.2, 0) is 41.6 Å². The van der Waals surface area contributed by atoms with Crippen molar-refractivity contribution >= 4 is 29.5 Å². The van der Waals surface area contributed by atoms with Crippen molar-refractivity contribution in [3.8, 4) is 0 Å². The van der Waals surface area contributed by atoms with E-state index in [0.29, 0.717) is 32.0 Å². The minimum Gasteiger partial charge on any atom is -0.463 e. The van der Waals surface area contributed by atoms with Gasteiger partial charge < -0.3 is 20.7 Å². The predicted octanol–water partition coefficient (Wildman–Crippen LogP) is 1.79. The van der Waals surface area contributed by atoms with Crippen molar-refractivity contribution < 1.29 is 33.2 Å². The molecule has 2 saturated heterocycles. The molecular weight excluding hydrogens is 548 g/mol. The number of likely N-dealkylation sites (tertiary alicyclic amines) is 2. The number of hydrogen-bond donors (Lipinski definition) is 2. The number of methoxy groups -OCH3 is 1. The fraction of sp³-hybridized carbons (Fsp3) is 0.485. The van der Waals surface area contributed by atoms with E-state index in [4.69, 9.17) is 10.5 Å². The first-order valence-electron chi connectivity index (χ1n) is 15.1. The maximum Gasteiger partial charge on any atom is 0.380 e. The number of esters is 1. The molecular formula is C33H43N4O6+. The Labute approximate surface area is 253 Å². The summed E-state index contributed by atoms with van der Waals surface area (Å²) in [7, 11) is 3.03. The van der Waals surface area contributed by atoms with Gasteiger partial charge in [-0.1, -0.05) is 60.7 Å². The Morgan fingerprint density at radius 2 is 1.51 bits per heavy atom. The van der Waals surface area contributed by atoms with Gasteiger partial charge in [0.05, 0.1) is 19.6 Å². The number of amides is 3. The molecule has 2 heterocycles. The van der Waals surface area contributed by atoms with Gasteiger partial charge in [-0.3, -0.25) is 14.4 Å². The lowest BCUT2D eigenvalue weighted by molar-refractivity contribution is -0.874. The maximum absolute atomic E-state index is 15.0. The standard InChI is InChI=1S/C33H42N4O6/c1-35-26-15-17-36(18-16-26)29(38)22-25(20-23-10-5-3-6-11-23)32(41)37(19-9-14-27(37)31(34)40)28(30(39)33(42)43-2)21-24-12-7-4-8-13-24/h3-8,10-13,25-28,35H,9,14-22H2,1-2H3,(H-,34,40)/p+1/t25-,27+,28?,37?/m1/s1. The van der Waals surface area contributed by atoms with E-state index in [1.807, 2.05) is 67.7 Å². The molecule has 0 bridgehead atoms. The predicted molar refractivity (Wildman–Crippen MR) is 160 cm³/mol. The lowest BCUT2D eigenvalue weighted by Gasteiger charge is -2.43. The zero-order valence-corrected chi connectivity index (χ0v) is 25.1. The largest absolute Gasteiger partial charge is 0.463 e. The number of ether oxygens (including phenoxy) is 1. The minimum atomic E-state index is -1.23. The summed E-state index contributed by atoms with van der Waals surface area (Å²) in [5.74, 6) is -4.07. The number of benzene rings is 2. The van der Waals surface area contributed by atoms with Gasteiger partial charge in [0.15, 0.2) is 12.1 Å². The summed E-state index contributed by atoms with van der Waals surface area (Å²) in [6.07, 6.45) is 2.59. The molecule has 230 valence electrons. The Kier molecular flexibility index (Phi) is 10.8. The minimum absolute atomic E-state index is 0.0355. The molecule has 2 aliphatic rings. The number of carbonyl (C=O) groups is 5. The molecule has 2 aromatic carbocycles. The van der Waals surface area contributed by atoms with E-state index < -0.39 is 46.1 Å². The van der Waals surface area contributed by atoms with Crippen LogP contribution in [0.5, 0.6) is 0 Å². The van der Waals surface area contributed by atoms with Crippen LogP contribution in [0.1, 0.15) is 43.2 Å². The number of primary amides is 1. The number of rotatable bonds is 12. The van der Waals surface area contributed by atoms with Gasteiger partial charge >= 0.3 is 11.9 Å². The molecule has 43 heavy (non-hydrogen) atoms. The molecule has 0 radical (unpaired) electrons. The number of quaternary nitrogens is 1. The Bertz CT molecular complexity index is 1290. The molecule has 3 amide bonds. The molecule has 10 heteroatoms. The summed E-state index contributed by atoms with van der Waals surface area (Å²) in [5, 5.41) is 3.26. The van der Waals surface area contributed by atoms with E-state index in [1.165, 1.54) is 0 Å². The molecule has 3 N–H and O–H groups in total. The van der Waals surface area contributed by atoms with Crippen LogP contribution < -0.4 is 11.1 Å². The van der Waals surface area contributed by atoms with Crippen LogP contribution in [0.4, 0.5) is 0 Å². The summed E-state index contributed by atoms with van der Waals surface area (Å²) in [4.78, 5) is 70.1. The molecule has 4 rings (SSSR count).